The lowest BCUT2D eigenvalue weighted by Gasteiger charge is -2.26. The highest BCUT2D eigenvalue weighted by Gasteiger charge is 2.15. The monoisotopic (exact) mass is 292 g/mol. The van der Waals surface area contributed by atoms with Gasteiger partial charge in [-0.25, -0.2) is 0 Å². The number of Topliss-reactive ketones (excluding diaryl/α,β-unsaturated/α-hetero) is 1. The molecule has 0 aromatic heterocycles. The summed E-state index contributed by atoms with van der Waals surface area (Å²) in [6.45, 7) is 9.23. The molecule has 0 atom stereocenters. The Morgan fingerprint density at radius 2 is 2.10 bits per heavy atom. The summed E-state index contributed by atoms with van der Waals surface area (Å²) in [5.74, 6) is 1.28. The molecule has 0 spiro atoms. The van der Waals surface area contributed by atoms with Gasteiger partial charge in [0, 0.05) is 49.6 Å². The van der Waals surface area contributed by atoms with E-state index in [9.17, 15) is 4.79 Å². The van der Waals surface area contributed by atoms with Crippen molar-refractivity contribution in [2.75, 3.05) is 38.5 Å². The Morgan fingerprint density at radius 3 is 2.80 bits per heavy atom. The molecule has 1 aliphatic heterocycles. The lowest BCUT2D eigenvalue weighted by molar-refractivity contribution is 0.0957. The third-order valence-corrected chi connectivity index (χ3v) is 4.56. The van der Waals surface area contributed by atoms with Crippen LogP contribution >= 0.6 is 11.8 Å². The lowest BCUT2D eigenvalue weighted by atomic mass is 10.1. The highest BCUT2D eigenvalue weighted by atomic mass is 32.2. The predicted molar refractivity (Wildman–Crippen MR) is 85.8 cm³/mol. The molecule has 4 heteroatoms. The molecule has 0 unspecified atom stereocenters. The Labute approximate surface area is 126 Å². The van der Waals surface area contributed by atoms with Crippen molar-refractivity contribution in [1.29, 1.82) is 0 Å². The molecule has 0 saturated carbocycles. The fourth-order valence-corrected chi connectivity index (χ4v) is 3.28. The van der Waals surface area contributed by atoms with E-state index in [4.69, 9.17) is 0 Å². The third kappa shape index (κ3) is 4.33. The quantitative estimate of drug-likeness (QED) is 0.645. The van der Waals surface area contributed by atoms with Gasteiger partial charge in [-0.15, -0.1) is 11.8 Å². The number of piperazine rings is 1. The van der Waals surface area contributed by atoms with Crippen molar-refractivity contribution in [3.8, 4) is 0 Å². The predicted octanol–water partition coefficient (Wildman–Crippen LogP) is 2.59. The number of rotatable bonds is 6. The van der Waals surface area contributed by atoms with Crippen LogP contribution in [0.5, 0.6) is 0 Å². The molecule has 1 aliphatic rings. The maximum absolute atomic E-state index is 12.5. The number of thioether (sulfide) groups is 1. The molecule has 1 N–H and O–H groups in total. The molecule has 0 amide bonds. The van der Waals surface area contributed by atoms with E-state index in [-0.39, 0.29) is 5.78 Å². The minimum atomic E-state index is 0.281. The molecule has 0 radical (unpaired) electrons. The summed E-state index contributed by atoms with van der Waals surface area (Å²) in [4.78, 5) is 16.0. The molecular formula is C16H24N2OS. The van der Waals surface area contributed by atoms with Gasteiger partial charge in [-0.05, 0) is 24.8 Å². The fourth-order valence-electron chi connectivity index (χ4n) is 2.47. The van der Waals surface area contributed by atoms with Crippen LogP contribution < -0.4 is 5.32 Å². The van der Waals surface area contributed by atoms with Crippen LogP contribution in [-0.4, -0.2) is 49.2 Å². The van der Waals surface area contributed by atoms with Gasteiger partial charge in [0.1, 0.15) is 0 Å². The van der Waals surface area contributed by atoms with Gasteiger partial charge in [-0.1, -0.05) is 18.6 Å². The van der Waals surface area contributed by atoms with Crippen molar-refractivity contribution in [1.82, 2.24) is 10.2 Å². The average molecular weight is 292 g/mol. The molecule has 1 heterocycles. The van der Waals surface area contributed by atoms with E-state index in [2.05, 4.69) is 29.3 Å². The van der Waals surface area contributed by atoms with Crippen LogP contribution in [0.25, 0.3) is 0 Å². The van der Waals surface area contributed by atoms with E-state index in [0.29, 0.717) is 6.42 Å². The first-order valence-electron chi connectivity index (χ1n) is 7.40. The van der Waals surface area contributed by atoms with Crippen LogP contribution in [0.15, 0.2) is 23.1 Å². The van der Waals surface area contributed by atoms with Gasteiger partial charge in [0.25, 0.3) is 0 Å². The first-order chi connectivity index (χ1) is 9.70. The first-order valence-corrected chi connectivity index (χ1v) is 8.39. The lowest BCUT2D eigenvalue weighted by Crippen LogP contribution is -2.44. The van der Waals surface area contributed by atoms with Crippen LogP contribution in [0.1, 0.15) is 29.3 Å². The first kappa shape index (κ1) is 15.5. The molecule has 0 bridgehead atoms. The molecule has 3 nitrogen and oxygen atoms in total. The number of nitrogens with zero attached hydrogens (tertiary/aromatic N) is 1. The molecule has 1 saturated heterocycles. The molecule has 0 aliphatic carbocycles. The average Bonchev–Trinajstić information content (AvgIpc) is 2.48. The Balaban J connectivity index is 1.98. The third-order valence-electron chi connectivity index (χ3n) is 3.60. The number of benzene rings is 1. The number of carbonyl (C=O) groups excluding carboxylic acids is 1. The number of hydrogen-bond donors (Lipinski definition) is 1. The van der Waals surface area contributed by atoms with E-state index in [0.717, 1.165) is 54.5 Å². The second-order valence-electron chi connectivity index (χ2n) is 5.20. The van der Waals surface area contributed by atoms with Crippen LogP contribution in [-0.2, 0) is 0 Å². The van der Waals surface area contributed by atoms with Crippen molar-refractivity contribution in [3.05, 3.63) is 29.3 Å². The molecule has 110 valence electrons. The summed E-state index contributed by atoms with van der Waals surface area (Å²) in [6, 6.07) is 6.21. The molecule has 1 aromatic rings. The van der Waals surface area contributed by atoms with Gasteiger partial charge in [0.2, 0.25) is 0 Å². The SMILES string of the molecule is CCSc1ccc(C)cc1C(=O)CCN1CCNCC1. The summed E-state index contributed by atoms with van der Waals surface area (Å²) in [5.41, 5.74) is 2.07. The molecule has 1 aromatic carbocycles. The second kappa shape index (κ2) is 7.81. The maximum atomic E-state index is 12.5. The second-order valence-corrected chi connectivity index (χ2v) is 6.50. The Morgan fingerprint density at radius 1 is 1.35 bits per heavy atom. The fraction of sp³-hybridized carbons (Fsp3) is 0.562. The Kier molecular flexibility index (Phi) is 6.07. The van der Waals surface area contributed by atoms with Crippen molar-refractivity contribution in [2.45, 2.75) is 25.2 Å². The topological polar surface area (TPSA) is 32.3 Å². The van der Waals surface area contributed by atoms with E-state index in [1.54, 1.807) is 11.8 Å². The van der Waals surface area contributed by atoms with Crippen LogP contribution in [0.4, 0.5) is 0 Å². The zero-order chi connectivity index (χ0) is 14.4. The van der Waals surface area contributed by atoms with E-state index >= 15 is 0 Å². The van der Waals surface area contributed by atoms with Crippen LogP contribution in [0.3, 0.4) is 0 Å². The summed E-state index contributed by atoms with van der Waals surface area (Å²) in [6.07, 6.45) is 0.626. The molecule has 1 fully saturated rings. The summed E-state index contributed by atoms with van der Waals surface area (Å²) >= 11 is 1.76. The number of aryl methyl sites for hydroxylation is 1. The number of hydrogen-bond acceptors (Lipinski definition) is 4. The van der Waals surface area contributed by atoms with Crippen LogP contribution in [0.2, 0.25) is 0 Å². The number of nitrogens with one attached hydrogen (secondary N) is 1. The van der Waals surface area contributed by atoms with Gasteiger partial charge < -0.3 is 10.2 Å². The number of carbonyl (C=O) groups is 1. The minimum absolute atomic E-state index is 0.281. The van der Waals surface area contributed by atoms with Gasteiger partial charge in [0.05, 0.1) is 0 Å². The Hall–Kier alpha value is -0.840. The zero-order valence-electron chi connectivity index (χ0n) is 12.4. The van der Waals surface area contributed by atoms with E-state index < -0.39 is 0 Å². The van der Waals surface area contributed by atoms with Crippen molar-refractivity contribution < 1.29 is 4.79 Å². The number of ketones is 1. The van der Waals surface area contributed by atoms with Crippen LogP contribution in [0, 0.1) is 6.92 Å². The summed E-state index contributed by atoms with van der Waals surface area (Å²) in [7, 11) is 0. The normalized spacial score (nSPS) is 16.3. The highest BCUT2D eigenvalue weighted by Crippen LogP contribution is 2.24. The largest absolute Gasteiger partial charge is 0.314 e. The standard InChI is InChI=1S/C16H24N2OS/c1-3-20-16-5-4-13(2)12-14(16)15(19)6-9-18-10-7-17-8-11-18/h4-5,12,17H,3,6-11H2,1-2H3. The highest BCUT2D eigenvalue weighted by molar-refractivity contribution is 7.99. The van der Waals surface area contributed by atoms with Crippen molar-refractivity contribution in [3.63, 3.8) is 0 Å². The Bertz CT molecular complexity index is 456. The van der Waals surface area contributed by atoms with E-state index in [1.807, 2.05) is 13.0 Å². The van der Waals surface area contributed by atoms with Gasteiger partial charge in [-0.2, -0.15) is 0 Å². The molecular weight excluding hydrogens is 268 g/mol. The van der Waals surface area contributed by atoms with Gasteiger partial charge >= 0.3 is 0 Å². The van der Waals surface area contributed by atoms with Crippen molar-refractivity contribution in [2.24, 2.45) is 0 Å². The molecule has 20 heavy (non-hydrogen) atoms. The van der Waals surface area contributed by atoms with Gasteiger partial charge in [0.15, 0.2) is 5.78 Å². The van der Waals surface area contributed by atoms with E-state index in [1.165, 1.54) is 0 Å². The van der Waals surface area contributed by atoms with Gasteiger partial charge in [-0.3, -0.25) is 4.79 Å². The summed E-state index contributed by atoms with van der Waals surface area (Å²) in [5, 5.41) is 3.34. The maximum Gasteiger partial charge on any atom is 0.165 e. The smallest absolute Gasteiger partial charge is 0.165 e. The van der Waals surface area contributed by atoms with Crippen molar-refractivity contribution >= 4 is 17.5 Å². The zero-order valence-corrected chi connectivity index (χ0v) is 13.3. The minimum Gasteiger partial charge on any atom is -0.314 e. The molecule has 2 rings (SSSR count). The summed E-state index contributed by atoms with van der Waals surface area (Å²) < 4.78 is 0.